The van der Waals surface area contributed by atoms with Gasteiger partial charge in [-0.05, 0) is 31.0 Å². The van der Waals surface area contributed by atoms with Gasteiger partial charge in [-0.25, -0.2) is 8.42 Å². The lowest BCUT2D eigenvalue weighted by Gasteiger charge is -2.35. The zero-order valence-electron chi connectivity index (χ0n) is 15.2. The van der Waals surface area contributed by atoms with Crippen LogP contribution in [-0.2, 0) is 19.6 Å². The van der Waals surface area contributed by atoms with Gasteiger partial charge in [-0.1, -0.05) is 12.1 Å². The number of aryl methyl sites for hydroxylation is 2. The van der Waals surface area contributed by atoms with Gasteiger partial charge in [0.15, 0.2) is 0 Å². The Hall–Kier alpha value is -2.09. The maximum atomic E-state index is 12.6. The highest BCUT2D eigenvalue weighted by atomic mass is 32.2. The zero-order valence-corrected chi connectivity index (χ0v) is 16.0. The molecule has 1 aliphatic heterocycles. The first-order valence-corrected chi connectivity index (χ1v) is 10.0. The molecule has 0 spiro atoms. The molecular weight excluding hydrogens is 342 g/mol. The van der Waals surface area contributed by atoms with Gasteiger partial charge in [-0.2, -0.15) is 0 Å². The molecule has 1 aliphatic rings. The Balaban J connectivity index is 2.17. The van der Waals surface area contributed by atoms with Gasteiger partial charge in [-0.15, -0.1) is 0 Å². The number of piperazine rings is 1. The van der Waals surface area contributed by atoms with Crippen LogP contribution < -0.4 is 4.31 Å². The summed E-state index contributed by atoms with van der Waals surface area (Å²) in [7, 11) is -3.59. The monoisotopic (exact) mass is 367 g/mol. The van der Waals surface area contributed by atoms with Crippen LogP contribution in [0.1, 0.15) is 18.1 Å². The molecule has 0 N–H and O–H groups in total. The number of hydrogen-bond donors (Lipinski definition) is 0. The second-order valence-corrected chi connectivity index (χ2v) is 8.35. The SMILES string of the molecule is CC(=O)N1CCN(C(=O)CN(c2cc(C)ccc2C)S(C)(=O)=O)CC1. The Morgan fingerprint density at radius 3 is 2.16 bits per heavy atom. The van der Waals surface area contributed by atoms with Gasteiger partial charge >= 0.3 is 0 Å². The zero-order chi connectivity index (χ0) is 18.8. The fourth-order valence-corrected chi connectivity index (χ4v) is 3.76. The number of carbonyl (C=O) groups excluding carboxylic acids is 2. The van der Waals surface area contributed by atoms with E-state index in [2.05, 4.69) is 0 Å². The summed E-state index contributed by atoms with van der Waals surface area (Å²) in [6.45, 7) is 6.76. The minimum Gasteiger partial charge on any atom is -0.339 e. The Kier molecular flexibility index (Phi) is 5.72. The van der Waals surface area contributed by atoms with Crippen LogP contribution in [-0.4, -0.2) is 69.0 Å². The number of benzene rings is 1. The highest BCUT2D eigenvalue weighted by Crippen LogP contribution is 2.24. The van der Waals surface area contributed by atoms with Crippen LogP contribution in [0.2, 0.25) is 0 Å². The standard InChI is InChI=1S/C17H25N3O4S/c1-13-5-6-14(2)16(11-13)20(25(4,23)24)12-17(22)19-9-7-18(8-10-19)15(3)21/h5-6,11H,7-10,12H2,1-4H3. The number of rotatable bonds is 4. The Morgan fingerprint density at radius 1 is 1.08 bits per heavy atom. The van der Waals surface area contributed by atoms with Crippen molar-refractivity contribution in [2.45, 2.75) is 20.8 Å². The third-order valence-electron chi connectivity index (χ3n) is 4.39. The highest BCUT2D eigenvalue weighted by Gasteiger charge is 2.27. The number of sulfonamides is 1. The molecule has 0 aliphatic carbocycles. The molecule has 25 heavy (non-hydrogen) atoms. The summed E-state index contributed by atoms with van der Waals surface area (Å²) in [5.41, 5.74) is 2.25. The maximum Gasteiger partial charge on any atom is 0.243 e. The molecule has 1 saturated heterocycles. The quantitative estimate of drug-likeness (QED) is 0.787. The van der Waals surface area contributed by atoms with Crippen molar-refractivity contribution in [2.24, 2.45) is 0 Å². The molecule has 0 bridgehead atoms. The maximum absolute atomic E-state index is 12.6. The molecule has 0 saturated carbocycles. The van der Waals surface area contributed by atoms with E-state index in [4.69, 9.17) is 0 Å². The summed E-state index contributed by atoms with van der Waals surface area (Å²) in [4.78, 5) is 27.3. The van der Waals surface area contributed by atoms with Crippen molar-refractivity contribution >= 4 is 27.5 Å². The fourth-order valence-electron chi connectivity index (χ4n) is 2.86. The van der Waals surface area contributed by atoms with Crippen LogP contribution >= 0.6 is 0 Å². The predicted octanol–water partition coefficient (Wildman–Crippen LogP) is 0.760. The lowest BCUT2D eigenvalue weighted by atomic mass is 10.1. The summed E-state index contributed by atoms with van der Waals surface area (Å²) in [6, 6.07) is 5.53. The van der Waals surface area contributed by atoms with Gasteiger partial charge in [-0.3, -0.25) is 13.9 Å². The van der Waals surface area contributed by atoms with E-state index in [0.717, 1.165) is 21.7 Å². The van der Waals surface area contributed by atoms with E-state index in [9.17, 15) is 18.0 Å². The van der Waals surface area contributed by atoms with Crippen LogP contribution in [0.3, 0.4) is 0 Å². The van der Waals surface area contributed by atoms with E-state index >= 15 is 0 Å². The topological polar surface area (TPSA) is 78.0 Å². The normalized spacial score (nSPS) is 15.2. The Morgan fingerprint density at radius 2 is 1.64 bits per heavy atom. The minimum atomic E-state index is -3.59. The van der Waals surface area contributed by atoms with Gasteiger partial charge in [0.05, 0.1) is 11.9 Å². The van der Waals surface area contributed by atoms with E-state index in [1.807, 2.05) is 26.0 Å². The third kappa shape index (κ3) is 4.72. The molecule has 0 radical (unpaired) electrons. The van der Waals surface area contributed by atoms with Crippen LogP contribution in [0.5, 0.6) is 0 Å². The van der Waals surface area contributed by atoms with Crippen molar-refractivity contribution in [2.75, 3.05) is 43.3 Å². The van der Waals surface area contributed by atoms with E-state index in [1.54, 1.807) is 15.9 Å². The smallest absolute Gasteiger partial charge is 0.243 e. The number of hydrogen-bond acceptors (Lipinski definition) is 4. The fraction of sp³-hybridized carbons (Fsp3) is 0.529. The Labute approximate surface area is 149 Å². The van der Waals surface area contributed by atoms with Crippen LogP contribution in [0.15, 0.2) is 18.2 Å². The number of anilines is 1. The van der Waals surface area contributed by atoms with E-state index in [0.29, 0.717) is 31.9 Å². The number of amides is 2. The average Bonchev–Trinajstić information content (AvgIpc) is 2.54. The molecule has 1 fully saturated rings. The number of nitrogens with zero attached hydrogens (tertiary/aromatic N) is 3. The molecule has 0 atom stereocenters. The molecule has 138 valence electrons. The molecule has 2 rings (SSSR count). The third-order valence-corrected chi connectivity index (χ3v) is 5.52. The van der Waals surface area contributed by atoms with E-state index < -0.39 is 10.0 Å². The van der Waals surface area contributed by atoms with Gasteiger partial charge in [0.25, 0.3) is 0 Å². The van der Waals surface area contributed by atoms with Crippen LogP contribution in [0.25, 0.3) is 0 Å². The molecule has 1 heterocycles. The molecule has 1 aromatic rings. The second kappa shape index (κ2) is 7.43. The molecule has 1 aromatic carbocycles. The molecule has 0 aromatic heterocycles. The first-order valence-electron chi connectivity index (χ1n) is 8.18. The largest absolute Gasteiger partial charge is 0.339 e. The second-order valence-electron chi connectivity index (χ2n) is 6.45. The van der Waals surface area contributed by atoms with E-state index in [-0.39, 0.29) is 18.4 Å². The van der Waals surface area contributed by atoms with Crippen molar-refractivity contribution < 1.29 is 18.0 Å². The summed E-state index contributed by atoms with van der Waals surface area (Å²) in [6.07, 6.45) is 1.11. The van der Waals surface area contributed by atoms with Crippen molar-refractivity contribution in [3.05, 3.63) is 29.3 Å². The highest BCUT2D eigenvalue weighted by molar-refractivity contribution is 7.92. The van der Waals surface area contributed by atoms with Gasteiger partial charge in [0.2, 0.25) is 21.8 Å². The van der Waals surface area contributed by atoms with Crippen molar-refractivity contribution in [1.82, 2.24) is 9.80 Å². The summed E-state index contributed by atoms with van der Waals surface area (Å²) in [5.74, 6) is -0.269. The van der Waals surface area contributed by atoms with Gasteiger partial charge in [0.1, 0.15) is 6.54 Å². The van der Waals surface area contributed by atoms with Crippen LogP contribution in [0, 0.1) is 13.8 Å². The van der Waals surface area contributed by atoms with Gasteiger partial charge in [0, 0.05) is 33.1 Å². The average molecular weight is 367 g/mol. The Bertz CT molecular complexity index is 768. The lowest BCUT2D eigenvalue weighted by molar-refractivity contribution is -0.137. The lowest BCUT2D eigenvalue weighted by Crippen LogP contribution is -2.52. The van der Waals surface area contributed by atoms with Crippen molar-refractivity contribution in [1.29, 1.82) is 0 Å². The minimum absolute atomic E-state index is 0.0137. The molecule has 7 nitrogen and oxygen atoms in total. The molecular formula is C17H25N3O4S. The number of carbonyl (C=O) groups is 2. The molecule has 2 amide bonds. The first-order chi connectivity index (χ1) is 11.6. The molecule has 0 unspecified atom stereocenters. The van der Waals surface area contributed by atoms with Crippen molar-refractivity contribution in [3.8, 4) is 0 Å². The molecule has 8 heteroatoms. The summed E-state index contributed by atoms with van der Waals surface area (Å²) < 4.78 is 25.7. The summed E-state index contributed by atoms with van der Waals surface area (Å²) in [5, 5.41) is 0. The van der Waals surface area contributed by atoms with Crippen molar-refractivity contribution in [3.63, 3.8) is 0 Å². The van der Waals surface area contributed by atoms with E-state index in [1.165, 1.54) is 6.92 Å². The predicted molar refractivity (Wildman–Crippen MR) is 96.9 cm³/mol. The summed E-state index contributed by atoms with van der Waals surface area (Å²) >= 11 is 0. The van der Waals surface area contributed by atoms with Crippen LogP contribution in [0.4, 0.5) is 5.69 Å². The first kappa shape index (κ1) is 19.2. The van der Waals surface area contributed by atoms with Gasteiger partial charge < -0.3 is 9.80 Å².